The summed E-state index contributed by atoms with van der Waals surface area (Å²) >= 11 is 1.55. The van der Waals surface area contributed by atoms with Gasteiger partial charge in [0.25, 0.3) is 0 Å². The first kappa shape index (κ1) is 18.7. The average Bonchev–Trinajstić information content (AvgIpc) is 3.11. The summed E-state index contributed by atoms with van der Waals surface area (Å²) in [4.78, 5) is 31.0. The van der Waals surface area contributed by atoms with Crippen LogP contribution in [0.4, 0.5) is 4.79 Å². The van der Waals surface area contributed by atoms with Crippen LogP contribution in [0.25, 0.3) is 0 Å². The Morgan fingerprint density at radius 2 is 2.21 bits per heavy atom. The highest BCUT2D eigenvalue weighted by atomic mass is 32.1. The van der Waals surface area contributed by atoms with Gasteiger partial charge in [0, 0.05) is 17.6 Å². The van der Waals surface area contributed by atoms with Gasteiger partial charge in [0.2, 0.25) is 5.91 Å². The second-order valence-electron chi connectivity index (χ2n) is 7.13. The number of hydrogen-bond donors (Lipinski definition) is 1. The Morgan fingerprint density at radius 3 is 2.75 bits per heavy atom. The van der Waals surface area contributed by atoms with Crippen molar-refractivity contribution in [2.75, 3.05) is 6.54 Å². The molecule has 2 atom stereocenters. The number of carbonyl (C=O) groups is 2. The zero-order valence-corrected chi connectivity index (χ0v) is 15.9. The zero-order valence-electron chi connectivity index (χ0n) is 15.1. The maximum absolute atomic E-state index is 12.7. The van der Waals surface area contributed by atoms with Crippen LogP contribution in [-0.4, -0.2) is 40.1 Å². The lowest BCUT2D eigenvalue weighted by Crippen LogP contribution is -2.48. The first-order valence-corrected chi connectivity index (χ1v) is 9.31. The Hall–Kier alpha value is -1.63. The van der Waals surface area contributed by atoms with Gasteiger partial charge >= 0.3 is 6.09 Å². The van der Waals surface area contributed by atoms with Gasteiger partial charge in [-0.1, -0.05) is 6.92 Å². The summed E-state index contributed by atoms with van der Waals surface area (Å²) in [6, 6.07) is -0.577. The van der Waals surface area contributed by atoms with Gasteiger partial charge in [0.15, 0.2) is 0 Å². The van der Waals surface area contributed by atoms with E-state index in [2.05, 4.69) is 10.3 Å². The van der Waals surface area contributed by atoms with Gasteiger partial charge in [-0.3, -0.25) is 9.69 Å². The third-order valence-electron chi connectivity index (χ3n) is 3.84. The molecule has 1 aliphatic heterocycles. The van der Waals surface area contributed by atoms with E-state index >= 15 is 0 Å². The van der Waals surface area contributed by atoms with Gasteiger partial charge in [-0.2, -0.15) is 0 Å². The number of hydrogen-bond acceptors (Lipinski definition) is 5. The third-order valence-corrected chi connectivity index (χ3v) is 4.92. The predicted molar refractivity (Wildman–Crippen MR) is 94.0 cm³/mol. The summed E-state index contributed by atoms with van der Waals surface area (Å²) in [6.45, 7) is 9.99. The SMILES string of the molecule is CCC(NC(=O)C1CCCN1C(=O)OC(C)(C)C)c1nc(C)cs1. The lowest BCUT2D eigenvalue weighted by atomic mass is 10.1. The molecule has 24 heavy (non-hydrogen) atoms. The molecule has 2 rings (SSSR count). The topological polar surface area (TPSA) is 71.5 Å². The van der Waals surface area contributed by atoms with Crippen LogP contribution in [0.5, 0.6) is 0 Å². The number of rotatable bonds is 4. The van der Waals surface area contributed by atoms with Crippen LogP contribution < -0.4 is 5.32 Å². The van der Waals surface area contributed by atoms with Gasteiger partial charge in [-0.15, -0.1) is 11.3 Å². The normalized spacial score (nSPS) is 19.2. The van der Waals surface area contributed by atoms with E-state index in [0.29, 0.717) is 13.0 Å². The number of amides is 2. The number of ether oxygens (including phenoxy) is 1. The molecule has 1 aliphatic rings. The van der Waals surface area contributed by atoms with E-state index < -0.39 is 17.7 Å². The highest BCUT2D eigenvalue weighted by Crippen LogP contribution is 2.24. The summed E-state index contributed by atoms with van der Waals surface area (Å²) in [5, 5.41) is 5.93. The van der Waals surface area contributed by atoms with Crippen LogP contribution in [0.15, 0.2) is 5.38 Å². The van der Waals surface area contributed by atoms with Crippen LogP contribution in [0.3, 0.4) is 0 Å². The van der Waals surface area contributed by atoms with Crippen LogP contribution in [0.1, 0.15) is 63.7 Å². The quantitative estimate of drug-likeness (QED) is 0.900. The van der Waals surface area contributed by atoms with E-state index in [1.807, 2.05) is 40.0 Å². The standard InChI is InChI=1S/C17H27N3O3S/c1-6-12(15-18-11(2)10-24-15)19-14(21)13-8-7-9-20(13)16(22)23-17(3,4)5/h10,12-13H,6-9H2,1-5H3,(H,19,21). The van der Waals surface area contributed by atoms with Crippen molar-refractivity contribution >= 4 is 23.3 Å². The molecule has 7 heteroatoms. The maximum Gasteiger partial charge on any atom is 0.410 e. The van der Waals surface area contributed by atoms with E-state index in [9.17, 15) is 9.59 Å². The number of aryl methyl sites for hydroxylation is 1. The third kappa shape index (κ3) is 4.69. The van der Waals surface area contributed by atoms with Crippen molar-refractivity contribution in [3.63, 3.8) is 0 Å². The number of likely N-dealkylation sites (tertiary alicyclic amines) is 1. The van der Waals surface area contributed by atoms with Crippen molar-refractivity contribution in [2.24, 2.45) is 0 Å². The van der Waals surface area contributed by atoms with Crippen LogP contribution in [0, 0.1) is 6.92 Å². The highest BCUT2D eigenvalue weighted by molar-refractivity contribution is 7.09. The molecule has 134 valence electrons. The van der Waals surface area contributed by atoms with Crippen LogP contribution >= 0.6 is 11.3 Å². The van der Waals surface area contributed by atoms with Crippen molar-refractivity contribution in [3.05, 3.63) is 16.1 Å². The molecule has 2 heterocycles. The molecule has 1 aromatic rings. The highest BCUT2D eigenvalue weighted by Gasteiger charge is 2.37. The van der Waals surface area contributed by atoms with E-state index in [-0.39, 0.29) is 11.9 Å². The molecule has 0 aliphatic carbocycles. The maximum atomic E-state index is 12.7. The molecule has 1 N–H and O–H groups in total. The average molecular weight is 353 g/mol. The smallest absolute Gasteiger partial charge is 0.410 e. The Morgan fingerprint density at radius 1 is 1.50 bits per heavy atom. The first-order chi connectivity index (χ1) is 11.2. The number of nitrogens with zero attached hydrogens (tertiary/aromatic N) is 2. The van der Waals surface area contributed by atoms with Crippen molar-refractivity contribution in [1.29, 1.82) is 0 Å². The van der Waals surface area contributed by atoms with Gasteiger partial charge in [-0.05, 0) is 47.0 Å². The van der Waals surface area contributed by atoms with Crippen LogP contribution in [-0.2, 0) is 9.53 Å². The molecule has 2 unspecified atom stereocenters. The van der Waals surface area contributed by atoms with Crippen molar-refractivity contribution < 1.29 is 14.3 Å². The van der Waals surface area contributed by atoms with Gasteiger partial charge < -0.3 is 10.1 Å². The monoisotopic (exact) mass is 353 g/mol. The summed E-state index contributed by atoms with van der Waals surface area (Å²) in [6.07, 6.45) is 1.82. The van der Waals surface area contributed by atoms with E-state index in [1.165, 1.54) is 0 Å². The van der Waals surface area contributed by atoms with E-state index in [4.69, 9.17) is 4.74 Å². The number of carbonyl (C=O) groups excluding carboxylic acids is 2. The second kappa shape index (κ2) is 7.51. The summed E-state index contributed by atoms with van der Waals surface area (Å²) in [5.41, 5.74) is 0.393. The minimum atomic E-state index is -0.564. The molecule has 2 amide bonds. The molecule has 0 radical (unpaired) electrons. The molecule has 1 fully saturated rings. The zero-order chi connectivity index (χ0) is 17.9. The Kier molecular flexibility index (Phi) is 5.85. The molecular weight excluding hydrogens is 326 g/mol. The molecule has 1 saturated heterocycles. The predicted octanol–water partition coefficient (Wildman–Crippen LogP) is 3.42. The fourth-order valence-electron chi connectivity index (χ4n) is 2.72. The Bertz CT molecular complexity index is 594. The van der Waals surface area contributed by atoms with Gasteiger partial charge in [0.1, 0.15) is 16.7 Å². The minimum Gasteiger partial charge on any atom is -0.444 e. The molecule has 0 bridgehead atoms. The first-order valence-electron chi connectivity index (χ1n) is 8.43. The summed E-state index contributed by atoms with van der Waals surface area (Å²) < 4.78 is 5.42. The Balaban J connectivity index is 2.03. The second-order valence-corrected chi connectivity index (χ2v) is 8.02. The van der Waals surface area contributed by atoms with Gasteiger partial charge in [0.05, 0.1) is 6.04 Å². The number of nitrogens with one attached hydrogen (secondary N) is 1. The Labute approximate surface area is 147 Å². The molecule has 0 aromatic carbocycles. The minimum absolute atomic E-state index is 0.114. The fraction of sp³-hybridized carbons (Fsp3) is 0.706. The van der Waals surface area contributed by atoms with Gasteiger partial charge in [-0.25, -0.2) is 9.78 Å². The largest absolute Gasteiger partial charge is 0.444 e. The molecule has 0 spiro atoms. The summed E-state index contributed by atoms with van der Waals surface area (Å²) in [5.74, 6) is -0.127. The van der Waals surface area contributed by atoms with Crippen molar-refractivity contribution in [2.45, 2.75) is 71.6 Å². The van der Waals surface area contributed by atoms with E-state index in [0.717, 1.165) is 23.5 Å². The van der Waals surface area contributed by atoms with Crippen LogP contribution in [0.2, 0.25) is 0 Å². The molecule has 0 saturated carbocycles. The molecule has 1 aromatic heterocycles. The lowest BCUT2D eigenvalue weighted by Gasteiger charge is -2.28. The summed E-state index contributed by atoms with van der Waals surface area (Å²) in [7, 11) is 0. The molecule has 6 nitrogen and oxygen atoms in total. The number of thiazole rings is 1. The molecular formula is C17H27N3O3S. The fourth-order valence-corrected chi connectivity index (χ4v) is 3.65. The number of aromatic nitrogens is 1. The lowest BCUT2D eigenvalue weighted by molar-refractivity contribution is -0.126. The van der Waals surface area contributed by atoms with E-state index in [1.54, 1.807) is 16.2 Å². The van der Waals surface area contributed by atoms with Crippen molar-refractivity contribution in [1.82, 2.24) is 15.2 Å². The van der Waals surface area contributed by atoms with Crippen molar-refractivity contribution in [3.8, 4) is 0 Å².